The topological polar surface area (TPSA) is 80.7 Å². The SMILES string of the molecule is C=C(C)C(=O)OC(=O)C(=C)C.O=C(c1ccccc1)c1ccc(O)cc1. The molecule has 2 aromatic rings. The first-order chi connectivity index (χ1) is 12.2. The second-order valence-electron chi connectivity index (χ2n) is 5.48. The molecule has 0 aliphatic carbocycles. The van der Waals surface area contributed by atoms with Gasteiger partial charge in [0.25, 0.3) is 0 Å². The smallest absolute Gasteiger partial charge is 0.340 e. The Hall–Kier alpha value is -3.47. The highest BCUT2D eigenvalue weighted by atomic mass is 16.6. The number of ether oxygens (including phenoxy) is 1. The molecule has 0 bridgehead atoms. The fourth-order valence-corrected chi connectivity index (χ4v) is 1.63. The Morgan fingerprint density at radius 3 is 1.62 bits per heavy atom. The highest BCUT2D eigenvalue weighted by Crippen LogP contribution is 2.13. The number of phenolic OH excluding ortho intramolecular Hbond substituents is 1. The van der Waals surface area contributed by atoms with Crippen LogP contribution in [0.25, 0.3) is 0 Å². The maximum Gasteiger partial charge on any atom is 0.340 e. The summed E-state index contributed by atoms with van der Waals surface area (Å²) in [5.74, 6) is -1.29. The number of hydrogen-bond acceptors (Lipinski definition) is 5. The van der Waals surface area contributed by atoms with Gasteiger partial charge in [0.05, 0.1) is 0 Å². The molecule has 0 saturated carbocycles. The highest BCUT2D eigenvalue weighted by molar-refractivity contribution is 6.09. The summed E-state index contributed by atoms with van der Waals surface area (Å²) < 4.78 is 4.30. The Balaban J connectivity index is 0.000000276. The van der Waals surface area contributed by atoms with Crippen molar-refractivity contribution in [3.8, 4) is 5.75 Å². The minimum Gasteiger partial charge on any atom is -0.508 e. The van der Waals surface area contributed by atoms with Crippen LogP contribution in [0.3, 0.4) is 0 Å². The minimum absolute atomic E-state index is 0.0319. The number of esters is 2. The summed E-state index contributed by atoms with van der Waals surface area (Å²) >= 11 is 0. The van der Waals surface area contributed by atoms with Crippen molar-refractivity contribution >= 4 is 17.7 Å². The second kappa shape index (κ2) is 9.74. The molecular formula is C21H20O5. The molecule has 0 amide bonds. The van der Waals surface area contributed by atoms with Gasteiger partial charge < -0.3 is 9.84 Å². The van der Waals surface area contributed by atoms with Crippen molar-refractivity contribution in [1.29, 1.82) is 0 Å². The predicted octanol–water partition coefficient (Wildman–Crippen LogP) is 3.83. The third kappa shape index (κ3) is 6.57. The second-order valence-corrected chi connectivity index (χ2v) is 5.48. The molecule has 0 spiro atoms. The van der Waals surface area contributed by atoms with Crippen LogP contribution < -0.4 is 0 Å². The van der Waals surface area contributed by atoms with Gasteiger partial charge in [0.2, 0.25) is 0 Å². The quantitative estimate of drug-likeness (QED) is 0.391. The summed E-state index contributed by atoms with van der Waals surface area (Å²) in [4.78, 5) is 33.2. The number of rotatable bonds is 4. The van der Waals surface area contributed by atoms with Gasteiger partial charge in [-0.3, -0.25) is 4.79 Å². The summed E-state index contributed by atoms with van der Waals surface area (Å²) in [6.07, 6.45) is 0. The van der Waals surface area contributed by atoms with E-state index in [9.17, 15) is 14.4 Å². The molecule has 0 atom stereocenters. The lowest BCUT2D eigenvalue weighted by molar-refractivity contribution is -0.153. The Bertz CT molecular complexity index is 793. The van der Waals surface area contributed by atoms with E-state index in [1.807, 2.05) is 18.2 Å². The summed E-state index contributed by atoms with van der Waals surface area (Å²) in [6, 6.07) is 15.3. The molecule has 0 heterocycles. The fourth-order valence-electron chi connectivity index (χ4n) is 1.63. The number of ketones is 1. The van der Waals surface area contributed by atoms with Gasteiger partial charge in [-0.05, 0) is 38.1 Å². The minimum atomic E-state index is -0.710. The van der Waals surface area contributed by atoms with Gasteiger partial charge in [-0.1, -0.05) is 43.5 Å². The van der Waals surface area contributed by atoms with E-state index in [4.69, 9.17) is 5.11 Å². The maximum absolute atomic E-state index is 11.9. The van der Waals surface area contributed by atoms with E-state index in [0.717, 1.165) is 0 Å². The van der Waals surface area contributed by atoms with E-state index in [1.165, 1.54) is 26.0 Å². The summed E-state index contributed by atoms with van der Waals surface area (Å²) in [5, 5.41) is 9.10. The average molecular weight is 352 g/mol. The van der Waals surface area contributed by atoms with Crippen LogP contribution in [0.2, 0.25) is 0 Å². The zero-order chi connectivity index (χ0) is 19.7. The monoisotopic (exact) mass is 352 g/mol. The maximum atomic E-state index is 11.9. The first-order valence-corrected chi connectivity index (χ1v) is 7.68. The third-order valence-electron chi connectivity index (χ3n) is 3.05. The number of aromatic hydroxyl groups is 1. The molecular weight excluding hydrogens is 332 g/mol. The van der Waals surface area contributed by atoms with Gasteiger partial charge in [-0.25, -0.2) is 9.59 Å². The van der Waals surface area contributed by atoms with Gasteiger partial charge >= 0.3 is 11.9 Å². The molecule has 0 aliphatic heterocycles. The van der Waals surface area contributed by atoms with E-state index in [-0.39, 0.29) is 22.7 Å². The molecule has 2 aromatic carbocycles. The lowest BCUT2D eigenvalue weighted by Crippen LogP contribution is -2.12. The van der Waals surface area contributed by atoms with Gasteiger partial charge in [0.15, 0.2) is 5.78 Å². The van der Waals surface area contributed by atoms with Gasteiger partial charge in [-0.2, -0.15) is 0 Å². The number of phenols is 1. The first-order valence-electron chi connectivity index (χ1n) is 7.68. The number of benzene rings is 2. The Morgan fingerprint density at radius 1 is 0.769 bits per heavy atom. The number of carbonyl (C=O) groups is 3. The van der Waals surface area contributed by atoms with Crippen molar-refractivity contribution in [2.45, 2.75) is 13.8 Å². The van der Waals surface area contributed by atoms with E-state index < -0.39 is 11.9 Å². The molecule has 0 unspecified atom stereocenters. The predicted molar refractivity (Wildman–Crippen MR) is 98.7 cm³/mol. The van der Waals surface area contributed by atoms with E-state index in [0.29, 0.717) is 11.1 Å². The Kier molecular flexibility index (Phi) is 7.70. The van der Waals surface area contributed by atoms with Crippen LogP contribution in [-0.2, 0) is 14.3 Å². The molecule has 5 heteroatoms. The lowest BCUT2D eigenvalue weighted by atomic mass is 10.0. The summed E-state index contributed by atoms with van der Waals surface area (Å²) in [7, 11) is 0. The van der Waals surface area contributed by atoms with Crippen molar-refractivity contribution in [2.24, 2.45) is 0 Å². The number of carbonyl (C=O) groups excluding carboxylic acids is 3. The van der Waals surface area contributed by atoms with Gasteiger partial charge in [0.1, 0.15) is 5.75 Å². The van der Waals surface area contributed by atoms with Crippen molar-refractivity contribution in [3.63, 3.8) is 0 Å². The molecule has 0 radical (unpaired) electrons. The fraction of sp³-hybridized carbons (Fsp3) is 0.0952. The molecule has 26 heavy (non-hydrogen) atoms. The average Bonchev–Trinajstić information content (AvgIpc) is 2.62. The van der Waals surface area contributed by atoms with Crippen molar-refractivity contribution in [3.05, 3.63) is 90.0 Å². The van der Waals surface area contributed by atoms with Crippen LogP contribution in [-0.4, -0.2) is 22.8 Å². The molecule has 5 nitrogen and oxygen atoms in total. The van der Waals surface area contributed by atoms with Crippen LogP contribution in [0.4, 0.5) is 0 Å². The summed E-state index contributed by atoms with van der Waals surface area (Å²) in [6.45, 7) is 9.55. The Labute approximate surface area is 152 Å². The van der Waals surface area contributed by atoms with Crippen molar-refractivity contribution < 1.29 is 24.2 Å². The first kappa shape index (κ1) is 20.6. The van der Waals surface area contributed by atoms with E-state index in [2.05, 4.69) is 17.9 Å². The normalized spacial score (nSPS) is 9.31. The molecule has 0 saturated heterocycles. The van der Waals surface area contributed by atoms with Crippen LogP contribution in [0.15, 0.2) is 78.9 Å². The van der Waals surface area contributed by atoms with Crippen LogP contribution in [0.5, 0.6) is 5.75 Å². The zero-order valence-corrected chi connectivity index (χ0v) is 14.7. The van der Waals surface area contributed by atoms with Crippen LogP contribution in [0, 0.1) is 0 Å². The van der Waals surface area contributed by atoms with Crippen molar-refractivity contribution in [1.82, 2.24) is 0 Å². The summed E-state index contributed by atoms with van der Waals surface area (Å²) in [5.41, 5.74) is 1.63. The lowest BCUT2D eigenvalue weighted by Gasteiger charge is -2.00. The standard InChI is InChI=1S/C13H10O2.C8H10O3/c14-12-8-6-11(7-9-12)13(15)10-4-2-1-3-5-10;1-5(2)7(9)11-8(10)6(3)4/h1-9,14H;1,3H2,2,4H3. The number of hydrogen-bond donors (Lipinski definition) is 1. The van der Waals surface area contributed by atoms with Gasteiger partial charge in [-0.15, -0.1) is 0 Å². The third-order valence-corrected chi connectivity index (χ3v) is 3.05. The molecule has 134 valence electrons. The van der Waals surface area contributed by atoms with Crippen LogP contribution in [0.1, 0.15) is 29.8 Å². The molecule has 0 fully saturated rings. The van der Waals surface area contributed by atoms with Gasteiger partial charge in [0, 0.05) is 22.3 Å². The molecule has 0 aliphatic rings. The zero-order valence-electron chi connectivity index (χ0n) is 14.7. The highest BCUT2D eigenvalue weighted by Gasteiger charge is 2.10. The van der Waals surface area contributed by atoms with E-state index in [1.54, 1.807) is 24.3 Å². The van der Waals surface area contributed by atoms with E-state index >= 15 is 0 Å². The molecule has 0 aromatic heterocycles. The van der Waals surface area contributed by atoms with Crippen molar-refractivity contribution in [2.75, 3.05) is 0 Å². The Morgan fingerprint density at radius 2 is 1.19 bits per heavy atom. The largest absolute Gasteiger partial charge is 0.508 e. The molecule has 1 N–H and O–H groups in total. The van der Waals surface area contributed by atoms with Crippen LogP contribution >= 0.6 is 0 Å². The molecule has 2 rings (SSSR count).